The Morgan fingerprint density at radius 1 is 1.10 bits per heavy atom. The van der Waals surface area contributed by atoms with E-state index in [2.05, 4.69) is 29.8 Å². The Hall–Kier alpha value is -0.590. The fraction of sp³-hybridized carbons (Fsp3) is 0.944. The summed E-state index contributed by atoms with van der Waals surface area (Å²) in [5, 5.41) is 9.58. The van der Waals surface area contributed by atoms with Crippen LogP contribution in [0.1, 0.15) is 58.3 Å². The maximum Gasteiger partial charge on any atom is 0.0672 e. The Bertz CT molecular complexity index is 388. The number of rotatable bonds is 3. The van der Waals surface area contributed by atoms with Crippen LogP contribution in [0.15, 0.2) is 0 Å². The molecule has 21 heavy (non-hydrogen) atoms. The number of likely N-dealkylation sites (N-methyl/N-ethyl adjacent to an activating group) is 1. The van der Waals surface area contributed by atoms with E-state index in [1.54, 1.807) is 0 Å². The molecule has 0 amide bonds. The molecule has 3 heteroatoms. The smallest absolute Gasteiger partial charge is 0.0672 e. The van der Waals surface area contributed by atoms with Gasteiger partial charge in [-0.2, -0.15) is 5.26 Å². The van der Waals surface area contributed by atoms with Gasteiger partial charge in [0.05, 0.1) is 12.0 Å². The second-order valence-electron chi connectivity index (χ2n) is 7.60. The molecule has 3 rings (SSSR count). The summed E-state index contributed by atoms with van der Waals surface area (Å²) in [4.78, 5) is 5.32. The molecule has 0 spiro atoms. The Kier molecular flexibility index (Phi) is 4.86. The van der Waals surface area contributed by atoms with Gasteiger partial charge in [-0.05, 0) is 51.5 Å². The summed E-state index contributed by atoms with van der Waals surface area (Å²) in [6.45, 7) is 4.72. The van der Waals surface area contributed by atoms with Crippen LogP contribution in [0.5, 0.6) is 0 Å². The lowest BCUT2D eigenvalue weighted by Gasteiger charge is -2.41. The van der Waals surface area contributed by atoms with E-state index in [-0.39, 0.29) is 5.92 Å². The van der Waals surface area contributed by atoms with Crippen LogP contribution in [0.3, 0.4) is 0 Å². The van der Waals surface area contributed by atoms with E-state index < -0.39 is 0 Å². The third-order valence-corrected chi connectivity index (χ3v) is 6.44. The van der Waals surface area contributed by atoms with E-state index in [0.29, 0.717) is 6.04 Å². The molecule has 1 aliphatic carbocycles. The molecule has 2 aliphatic heterocycles. The van der Waals surface area contributed by atoms with Crippen LogP contribution in [0.25, 0.3) is 0 Å². The molecule has 118 valence electrons. The van der Waals surface area contributed by atoms with Gasteiger partial charge in [0.2, 0.25) is 0 Å². The fourth-order valence-corrected chi connectivity index (χ4v) is 5.09. The molecule has 2 bridgehead atoms. The minimum Gasteiger partial charge on any atom is -0.299 e. The van der Waals surface area contributed by atoms with Crippen molar-refractivity contribution < 1.29 is 0 Å². The SMILES string of the molecule is CCCC1CCC(C#N)C(N2CCC3CCC(C2)N3C)C1. The molecule has 0 N–H and O–H groups in total. The van der Waals surface area contributed by atoms with Crippen molar-refractivity contribution in [1.29, 1.82) is 5.26 Å². The Morgan fingerprint density at radius 2 is 1.90 bits per heavy atom. The van der Waals surface area contributed by atoms with Crippen molar-refractivity contribution in [2.75, 3.05) is 20.1 Å². The lowest BCUT2D eigenvalue weighted by Crippen LogP contribution is -2.47. The van der Waals surface area contributed by atoms with Gasteiger partial charge in [0, 0.05) is 31.2 Å². The molecule has 3 nitrogen and oxygen atoms in total. The van der Waals surface area contributed by atoms with E-state index >= 15 is 0 Å². The molecule has 0 aromatic carbocycles. The molecule has 0 radical (unpaired) electrons. The minimum atomic E-state index is 0.278. The van der Waals surface area contributed by atoms with Crippen molar-refractivity contribution in [2.24, 2.45) is 11.8 Å². The molecule has 0 aromatic rings. The first-order chi connectivity index (χ1) is 10.2. The second kappa shape index (κ2) is 6.67. The van der Waals surface area contributed by atoms with Gasteiger partial charge in [-0.3, -0.25) is 9.80 Å². The number of nitriles is 1. The molecule has 3 fully saturated rings. The summed E-state index contributed by atoms with van der Waals surface area (Å²) >= 11 is 0. The average Bonchev–Trinajstić information content (AvgIpc) is 2.73. The summed E-state index contributed by atoms with van der Waals surface area (Å²) < 4.78 is 0. The van der Waals surface area contributed by atoms with E-state index in [1.807, 2.05) is 0 Å². The van der Waals surface area contributed by atoms with Crippen LogP contribution in [0, 0.1) is 23.2 Å². The highest BCUT2D eigenvalue weighted by Crippen LogP contribution is 2.37. The minimum absolute atomic E-state index is 0.278. The Morgan fingerprint density at radius 3 is 2.67 bits per heavy atom. The fourth-order valence-electron chi connectivity index (χ4n) is 5.09. The van der Waals surface area contributed by atoms with Crippen molar-refractivity contribution in [2.45, 2.75) is 76.4 Å². The first-order valence-electron chi connectivity index (χ1n) is 9.08. The zero-order valence-electron chi connectivity index (χ0n) is 13.8. The van der Waals surface area contributed by atoms with Gasteiger partial charge in [-0.25, -0.2) is 0 Å². The Labute approximate surface area is 130 Å². The summed E-state index contributed by atoms with van der Waals surface area (Å²) in [7, 11) is 2.31. The van der Waals surface area contributed by atoms with Crippen molar-refractivity contribution in [1.82, 2.24) is 9.80 Å². The quantitative estimate of drug-likeness (QED) is 0.799. The third-order valence-electron chi connectivity index (χ3n) is 6.44. The topological polar surface area (TPSA) is 30.3 Å². The van der Waals surface area contributed by atoms with Gasteiger partial charge >= 0.3 is 0 Å². The lowest BCUT2D eigenvalue weighted by atomic mass is 9.76. The second-order valence-corrected chi connectivity index (χ2v) is 7.60. The first kappa shape index (κ1) is 15.3. The molecule has 2 saturated heterocycles. The Balaban J connectivity index is 1.69. The number of hydrogen-bond donors (Lipinski definition) is 0. The molecular weight excluding hydrogens is 258 g/mol. The van der Waals surface area contributed by atoms with Gasteiger partial charge in [0.15, 0.2) is 0 Å². The first-order valence-corrected chi connectivity index (χ1v) is 9.08. The molecule has 2 heterocycles. The number of fused-ring (bicyclic) bond motifs is 2. The van der Waals surface area contributed by atoms with Crippen LogP contribution in [-0.4, -0.2) is 48.1 Å². The monoisotopic (exact) mass is 289 g/mol. The predicted octanol–water partition coefficient (Wildman–Crippen LogP) is 3.26. The van der Waals surface area contributed by atoms with E-state index in [4.69, 9.17) is 0 Å². The van der Waals surface area contributed by atoms with Gasteiger partial charge in [-0.15, -0.1) is 0 Å². The van der Waals surface area contributed by atoms with Crippen molar-refractivity contribution >= 4 is 0 Å². The highest BCUT2D eigenvalue weighted by atomic mass is 15.3. The average molecular weight is 289 g/mol. The van der Waals surface area contributed by atoms with Gasteiger partial charge in [0.25, 0.3) is 0 Å². The lowest BCUT2D eigenvalue weighted by molar-refractivity contribution is 0.0887. The molecule has 5 atom stereocenters. The van der Waals surface area contributed by atoms with Crippen LogP contribution >= 0.6 is 0 Å². The van der Waals surface area contributed by atoms with Crippen LogP contribution in [-0.2, 0) is 0 Å². The van der Waals surface area contributed by atoms with Crippen LogP contribution in [0.4, 0.5) is 0 Å². The standard InChI is InChI=1S/C18H31N3/c1-3-4-14-5-6-15(12-19)18(11-14)21-10-9-16-7-8-17(13-21)20(16)2/h14-18H,3-11,13H2,1-2H3. The highest BCUT2D eigenvalue weighted by molar-refractivity contribution is 5.00. The molecule has 1 saturated carbocycles. The summed E-state index contributed by atoms with van der Waals surface area (Å²) in [6, 6.07) is 4.71. The largest absolute Gasteiger partial charge is 0.299 e. The molecule has 5 unspecified atom stereocenters. The van der Waals surface area contributed by atoms with E-state index in [9.17, 15) is 5.26 Å². The normalized spacial score (nSPS) is 41.7. The highest BCUT2D eigenvalue weighted by Gasteiger charge is 2.40. The summed E-state index contributed by atoms with van der Waals surface area (Å²) in [5.41, 5.74) is 0. The third kappa shape index (κ3) is 3.12. The number of hydrogen-bond acceptors (Lipinski definition) is 3. The zero-order valence-corrected chi connectivity index (χ0v) is 13.8. The van der Waals surface area contributed by atoms with Crippen LogP contribution in [0.2, 0.25) is 0 Å². The van der Waals surface area contributed by atoms with Crippen molar-refractivity contribution in [3.05, 3.63) is 0 Å². The summed E-state index contributed by atoms with van der Waals surface area (Å²) in [6.07, 6.45) is 10.4. The number of likely N-dealkylation sites (tertiary alicyclic amines) is 1. The number of nitrogens with zero attached hydrogens (tertiary/aromatic N) is 3. The van der Waals surface area contributed by atoms with E-state index in [1.165, 1.54) is 58.0 Å². The zero-order chi connectivity index (χ0) is 14.8. The molecule has 3 aliphatic rings. The maximum absolute atomic E-state index is 9.58. The van der Waals surface area contributed by atoms with Gasteiger partial charge in [-0.1, -0.05) is 19.8 Å². The molecular formula is C18H31N3. The predicted molar refractivity (Wildman–Crippen MR) is 85.9 cm³/mol. The summed E-state index contributed by atoms with van der Waals surface area (Å²) in [5.74, 6) is 1.14. The van der Waals surface area contributed by atoms with Crippen LogP contribution < -0.4 is 0 Å². The van der Waals surface area contributed by atoms with Gasteiger partial charge < -0.3 is 0 Å². The molecule has 0 aromatic heterocycles. The van der Waals surface area contributed by atoms with Crippen molar-refractivity contribution in [3.8, 4) is 6.07 Å². The van der Waals surface area contributed by atoms with Gasteiger partial charge in [0.1, 0.15) is 0 Å². The maximum atomic E-state index is 9.58. The van der Waals surface area contributed by atoms with E-state index in [0.717, 1.165) is 24.4 Å². The van der Waals surface area contributed by atoms with Crippen molar-refractivity contribution in [3.63, 3.8) is 0 Å².